The van der Waals surface area contributed by atoms with Crippen molar-refractivity contribution in [2.75, 3.05) is 4.72 Å². The van der Waals surface area contributed by atoms with Crippen molar-refractivity contribution < 1.29 is 36.3 Å². The van der Waals surface area contributed by atoms with E-state index in [9.17, 15) is 26.4 Å². The lowest BCUT2D eigenvalue weighted by atomic mass is 9.94. The summed E-state index contributed by atoms with van der Waals surface area (Å²) in [5.74, 6) is -2.71. The van der Waals surface area contributed by atoms with E-state index in [1.54, 1.807) is 30.3 Å². The normalized spacial score (nSPS) is 14.6. The molecule has 180 valence electrons. The third kappa shape index (κ3) is 6.95. The van der Waals surface area contributed by atoms with Gasteiger partial charge in [0.2, 0.25) is 5.91 Å². The summed E-state index contributed by atoms with van der Waals surface area (Å²) in [5.41, 5.74) is 1.83. The quantitative estimate of drug-likeness (QED) is 0.572. The van der Waals surface area contributed by atoms with Gasteiger partial charge in [-0.1, -0.05) is 24.3 Å². The van der Waals surface area contributed by atoms with E-state index in [1.165, 1.54) is 0 Å². The third-order valence-corrected chi connectivity index (χ3v) is 6.22. The maximum Gasteiger partial charge on any atom is 0.490 e. The van der Waals surface area contributed by atoms with Gasteiger partial charge in [-0.05, 0) is 69.0 Å². The minimum Gasteiger partial charge on any atom is -0.475 e. The second-order valence-corrected chi connectivity index (χ2v) is 9.69. The van der Waals surface area contributed by atoms with Crippen LogP contribution in [0, 0.1) is 6.92 Å². The predicted molar refractivity (Wildman–Crippen MR) is 116 cm³/mol. The topological polar surface area (TPSA) is 113 Å². The molecule has 1 aliphatic carbocycles. The molecule has 3 N–H and O–H groups in total. The molecule has 0 saturated heterocycles. The van der Waals surface area contributed by atoms with Crippen LogP contribution in [0.5, 0.6) is 0 Å². The fourth-order valence-corrected chi connectivity index (χ4v) is 4.19. The number of halogens is 3. The fourth-order valence-electron chi connectivity index (χ4n) is 3.03. The smallest absolute Gasteiger partial charge is 0.475 e. The number of alkyl halides is 3. The van der Waals surface area contributed by atoms with Crippen LogP contribution in [0.1, 0.15) is 37.8 Å². The maximum absolute atomic E-state index is 12.5. The highest BCUT2D eigenvalue weighted by Gasteiger charge is 2.51. The second-order valence-electron chi connectivity index (χ2n) is 8.01. The van der Waals surface area contributed by atoms with Crippen molar-refractivity contribution in [1.82, 2.24) is 5.32 Å². The van der Waals surface area contributed by atoms with Gasteiger partial charge in [-0.15, -0.1) is 0 Å². The van der Waals surface area contributed by atoms with Crippen molar-refractivity contribution in [2.24, 2.45) is 0 Å². The van der Waals surface area contributed by atoms with E-state index in [0.717, 1.165) is 24.0 Å². The van der Waals surface area contributed by atoms with Crippen LogP contribution in [0.3, 0.4) is 0 Å². The molecule has 2 aromatic rings. The van der Waals surface area contributed by atoms with Crippen molar-refractivity contribution in [3.8, 4) is 0 Å². The van der Waals surface area contributed by atoms with E-state index in [0.29, 0.717) is 5.69 Å². The van der Waals surface area contributed by atoms with Gasteiger partial charge in [0, 0.05) is 11.7 Å². The number of carbonyl (C=O) groups excluding carboxylic acids is 1. The zero-order valence-electron chi connectivity index (χ0n) is 18.2. The SMILES string of the molecule is Cc1cccc(S(=O)(=O)Nc2ccc(C3(C(=O)NC(C)C)CC3)cc2)c1.O=C(O)C(F)(F)F. The number of rotatable bonds is 6. The van der Waals surface area contributed by atoms with Crippen molar-refractivity contribution in [1.29, 1.82) is 0 Å². The molecule has 0 radical (unpaired) electrons. The Kier molecular flexibility index (Phi) is 7.79. The lowest BCUT2D eigenvalue weighted by Gasteiger charge is -2.18. The van der Waals surface area contributed by atoms with Gasteiger partial charge < -0.3 is 10.4 Å². The number of sulfonamides is 1. The van der Waals surface area contributed by atoms with Crippen LogP contribution >= 0.6 is 0 Å². The summed E-state index contributed by atoms with van der Waals surface area (Å²) in [4.78, 5) is 21.6. The van der Waals surface area contributed by atoms with E-state index in [4.69, 9.17) is 9.90 Å². The lowest BCUT2D eigenvalue weighted by molar-refractivity contribution is -0.192. The number of carboxylic acids is 1. The molecule has 11 heteroatoms. The molecule has 0 heterocycles. The summed E-state index contributed by atoms with van der Waals surface area (Å²) < 4.78 is 59.3. The van der Waals surface area contributed by atoms with Crippen molar-refractivity contribution in [3.63, 3.8) is 0 Å². The Hall–Kier alpha value is -3.08. The zero-order chi connectivity index (χ0) is 25.0. The van der Waals surface area contributed by atoms with E-state index < -0.39 is 27.6 Å². The molecule has 0 atom stereocenters. The van der Waals surface area contributed by atoms with Crippen LogP contribution in [0.2, 0.25) is 0 Å². The number of nitrogens with one attached hydrogen (secondary N) is 2. The van der Waals surface area contributed by atoms with Crippen molar-refractivity contribution in [2.45, 2.75) is 56.1 Å². The number of aliphatic carboxylic acids is 1. The van der Waals surface area contributed by atoms with Gasteiger partial charge in [-0.25, -0.2) is 13.2 Å². The lowest BCUT2D eigenvalue weighted by Crippen LogP contribution is -2.38. The van der Waals surface area contributed by atoms with Gasteiger partial charge in [0.15, 0.2) is 0 Å². The van der Waals surface area contributed by atoms with Gasteiger partial charge in [0.25, 0.3) is 10.0 Å². The van der Waals surface area contributed by atoms with Gasteiger partial charge in [0.1, 0.15) is 0 Å². The number of hydrogen-bond acceptors (Lipinski definition) is 4. The molecule has 1 saturated carbocycles. The third-order valence-electron chi connectivity index (χ3n) is 4.84. The summed E-state index contributed by atoms with van der Waals surface area (Å²) in [7, 11) is -3.63. The molecule has 0 bridgehead atoms. The number of anilines is 1. The second kappa shape index (κ2) is 9.82. The summed E-state index contributed by atoms with van der Waals surface area (Å²) in [6, 6.07) is 14.0. The number of carboxylic acid groups (broad SMARTS) is 1. The minimum atomic E-state index is -5.08. The Morgan fingerprint density at radius 1 is 1.06 bits per heavy atom. The largest absolute Gasteiger partial charge is 0.490 e. The van der Waals surface area contributed by atoms with Crippen LogP contribution in [0.4, 0.5) is 18.9 Å². The zero-order valence-corrected chi connectivity index (χ0v) is 19.0. The monoisotopic (exact) mass is 486 g/mol. The number of benzene rings is 2. The van der Waals surface area contributed by atoms with Crippen molar-refractivity contribution >= 4 is 27.6 Å². The molecular weight excluding hydrogens is 461 g/mol. The maximum atomic E-state index is 12.5. The van der Waals surface area contributed by atoms with Gasteiger partial charge in [0.05, 0.1) is 10.3 Å². The van der Waals surface area contributed by atoms with E-state index in [2.05, 4.69) is 10.0 Å². The molecule has 2 aromatic carbocycles. The number of aryl methyl sites for hydroxylation is 1. The number of amides is 1. The first-order valence-electron chi connectivity index (χ1n) is 9.98. The first-order chi connectivity index (χ1) is 15.2. The summed E-state index contributed by atoms with van der Waals surface area (Å²) >= 11 is 0. The molecule has 0 aromatic heterocycles. The summed E-state index contributed by atoms with van der Waals surface area (Å²) in [6.07, 6.45) is -3.44. The van der Waals surface area contributed by atoms with Crippen LogP contribution in [0.25, 0.3) is 0 Å². The highest BCUT2D eigenvalue weighted by molar-refractivity contribution is 7.92. The molecule has 0 spiro atoms. The van der Waals surface area contributed by atoms with Gasteiger partial charge in [-0.2, -0.15) is 13.2 Å². The molecule has 7 nitrogen and oxygen atoms in total. The highest BCUT2D eigenvalue weighted by atomic mass is 32.2. The minimum absolute atomic E-state index is 0.0422. The fraction of sp³-hybridized carbons (Fsp3) is 0.364. The molecule has 1 aliphatic rings. The summed E-state index contributed by atoms with van der Waals surface area (Å²) in [6.45, 7) is 5.74. The average molecular weight is 487 g/mol. The molecule has 1 fully saturated rings. The van der Waals surface area contributed by atoms with Gasteiger partial charge >= 0.3 is 12.1 Å². The Balaban J connectivity index is 0.000000479. The standard InChI is InChI=1S/C20H24N2O3S.C2HF3O2/c1-14(2)21-19(23)20(11-12-20)16-7-9-17(10-8-16)22-26(24,25)18-6-4-5-15(3)13-18;3-2(4,5)1(6)7/h4-10,13-14,22H,11-12H2,1-3H3,(H,21,23);(H,6,7). The summed E-state index contributed by atoms with van der Waals surface area (Å²) in [5, 5.41) is 10.1. The van der Waals surface area contributed by atoms with E-state index in [1.807, 2.05) is 39.0 Å². The number of hydrogen-bond donors (Lipinski definition) is 3. The molecule has 3 rings (SSSR count). The molecule has 1 amide bonds. The number of carbonyl (C=O) groups is 2. The highest BCUT2D eigenvalue weighted by Crippen LogP contribution is 2.48. The Bertz CT molecular complexity index is 1110. The molecule has 0 unspecified atom stereocenters. The molecule has 33 heavy (non-hydrogen) atoms. The van der Waals surface area contributed by atoms with Crippen LogP contribution in [-0.2, 0) is 25.0 Å². The van der Waals surface area contributed by atoms with Crippen LogP contribution in [0.15, 0.2) is 53.4 Å². The Morgan fingerprint density at radius 3 is 2.03 bits per heavy atom. The van der Waals surface area contributed by atoms with Gasteiger partial charge in [-0.3, -0.25) is 9.52 Å². The van der Waals surface area contributed by atoms with Crippen molar-refractivity contribution in [3.05, 3.63) is 59.7 Å². The van der Waals surface area contributed by atoms with E-state index >= 15 is 0 Å². The Morgan fingerprint density at radius 2 is 1.61 bits per heavy atom. The average Bonchev–Trinajstić information content (AvgIpc) is 3.50. The Labute approximate surface area is 190 Å². The van der Waals surface area contributed by atoms with Crippen LogP contribution in [-0.4, -0.2) is 37.6 Å². The predicted octanol–water partition coefficient (Wildman–Crippen LogP) is 3.99. The van der Waals surface area contributed by atoms with E-state index in [-0.39, 0.29) is 16.8 Å². The first kappa shape index (κ1) is 26.2. The first-order valence-corrected chi connectivity index (χ1v) is 11.5. The van der Waals surface area contributed by atoms with Crippen LogP contribution < -0.4 is 10.0 Å². The molecule has 0 aliphatic heterocycles. The molecular formula is C22H25F3N2O5S.